The average Bonchev–Trinajstić information content (AvgIpc) is 2.95. The molecule has 3 aromatic rings. The molecule has 1 heterocycles. The van der Waals surface area contributed by atoms with Crippen molar-refractivity contribution in [3.8, 4) is 11.5 Å². The first-order chi connectivity index (χ1) is 12.8. The van der Waals surface area contributed by atoms with Crippen molar-refractivity contribution in [2.24, 2.45) is 5.10 Å². The molecule has 0 bridgehead atoms. The van der Waals surface area contributed by atoms with E-state index in [4.69, 9.17) is 5.73 Å². The van der Waals surface area contributed by atoms with Crippen LogP contribution in [0.15, 0.2) is 35.4 Å². The molecule has 27 heavy (non-hydrogen) atoms. The number of nitrogens with two attached hydrogens (primary N) is 1. The van der Waals surface area contributed by atoms with E-state index in [1.807, 2.05) is 6.07 Å². The minimum Gasteiger partial charge on any atom is -0.507 e. The number of amides is 1. The van der Waals surface area contributed by atoms with Gasteiger partial charge in [-0.25, -0.2) is 10.4 Å². The van der Waals surface area contributed by atoms with E-state index in [0.717, 1.165) is 34.1 Å². The topological polar surface area (TPSA) is 164 Å². The van der Waals surface area contributed by atoms with Crippen molar-refractivity contribution in [3.63, 3.8) is 0 Å². The third kappa shape index (κ3) is 4.10. The van der Waals surface area contributed by atoms with Crippen LogP contribution in [0.5, 0.6) is 11.5 Å². The number of hydrogen-bond donors (Lipinski definition) is 4. The number of nitrogens with zero attached hydrogens (tertiary/aromatic N) is 3. The summed E-state index contributed by atoms with van der Waals surface area (Å²) in [6, 6.07) is 7.10. The number of hydrazone groups is 1. The Kier molecular flexibility index (Phi) is 4.86. The molecule has 3 rings (SSSR count). The fourth-order valence-electron chi connectivity index (χ4n) is 2.33. The normalized spacial score (nSPS) is 11.1. The SMILES string of the molecule is Nc1nc2ccc(CC(=O)N/N=C\c3cc([N+](=O)[O-])c(O)cc3O)cc2s1. The van der Waals surface area contributed by atoms with Crippen molar-refractivity contribution in [2.45, 2.75) is 6.42 Å². The van der Waals surface area contributed by atoms with Gasteiger partial charge in [0.05, 0.1) is 27.8 Å². The Hall–Kier alpha value is -3.73. The highest BCUT2D eigenvalue weighted by Gasteiger charge is 2.16. The van der Waals surface area contributed by atoms with Crippen LogP contribution in [0, 0.1) is 10.1 Å². The lowest BCUT2D eigenvalue weighted by Crippen LogP contribution is -2.19. The molecule has 0 saturated carbocycles. The van der Waals surface area contributed by atoms with Crippen LogP contribution in [0.2, 0.25) is 0 Å². The van der Waals surface area contributed by atoms with Gasteiger partial charge in [-0.15, -0.1) is 0 Å². The number of benzene rings is 2. The van der Waals surface area contributed by atoms with Gasteiger partial charge < -0.3 is 15.9 Å². The Morgan fingerprint density at radius 3 is 2.85 bits per heavy atom. The maximum Gasteiger partial charge on any atom is 0.311 e. The summed E-state index contributed by atoms with van der Waals surface area (Å²) >= 11 is 1.32. The van der Waals surface area contributed by atoms with E-state index >= 15 is 0 Å². The molecule has 1 aromatic heterocycles. The summed E-state index contributed by atoms with van der Waals surface area (Å²) in [4.78, 5) is 26.1. The maximum atomic E-state index is 12.0. The van der Waals surface area contributed by atoms with Gasteiger partial charge >= 0.3 is 5.69 Å². The first-order valence-electron chi connectivity index (χ1n) is 7.50. The Morgan fingerprint density at radius 1 is 1.33 bits per heavy atom. The predicted octanol–water partition coefficient (Wildman–Crippen LogP) is 1.89. The molecule has 0 aliphatic carbocycles. The second kappa shape index (κ2) is 7.25. The third-order valence-corrected chi connectivity index (χ3v) is 4.39. The molecule has 10 nitrogen and oxygen atoms in total. The molecule has 0 aliphatic heterocycles. The van der Waals surface area contributed by atoms with E-state index in [1.165, 1.54) is 11.3 Å². The highest BCUT2D eigenvalue weighted by atomic mass is 32.1. The summed E-state index contributed by atoms with van der Waals surface area (Å²) in [5.41, 5.74) is 8.80. The van der Waals surface area contributed by atoms with Gasteiger partial charge in [-0.2, -0.15) is 5.10 Å². The summed E-state index contributed by atoms with van der Waals surface area (Å²) in [6.45, 7) is 0. The van der Waals surface area contributed by atoms with Gasteiger partial charge in [0, 0.05) is 17.7 Å². The molecule has 1 amide bonds. The number of rotatable bonds is 5. The largest absolute Gasteiger partial charge is 0.507 e. The zero-order valence-electron chi connectivity index (χ0n) is 13.6. The Bertz CT molecular complexity index is 1080. The van der Waals surface area contributed by atoms with Crippen molar-refractivity contribution < 1.29 is 19.9 Å². The molecule has 0 radical (unpaired) electrons. The van der Waals surface area contributed by atoms with E-state index in [1.54, 1.807) is 12.1 Å². The standard InChI is InChI=1S/C16H13N5O5S/c17-16-19-10-2-1-8(3-14(10)27-16)4-15(24)20-18-7-9-5-11(21(25)26)13(23)6-12(9)22/h1-3,5-7,22-23H,4H2,(H2,17,19)(H,20,24)/b18-7-. The maximum absolute atomic E-state index is 12.0. The third-order valence-electron chi connectivity index (χ3n) is 3.55. The molecule has 5 N–H and O–H groups in total. The quantitative estimate of drug-likeness (QED) is 0.295. The van der Waals surface area contributed by atoms with Crippen molar-refractivity contribution in [1.82, 2.24) is 10.4 Å². The number of phenols is 2. The van der Waals surface area contributed by atoms with Crippen molar-refractivity contribution in [3.05, 3.63) is 51.6 Å². The second-order valence-electron chi connectivity index (χ2n) is 5.48. The van der Waals surface area contributed by atoms with Crippen LogP contribution < -0.4 is 11.2 Å². The molecule has 11 heteroatoms. The van der Waals surface area contributed by atoms with Gasteiger partial charge in [0.15, 0.2) is 10.9 Å². The van der Waals surface area contributed by atoms with E-state index in [2.05, 4.69) is 15.5 Å². The second-order valence-corrected chi connectivity index (χ2v) is 6.54. The van der Waals surface area contributed by atoms with Gasteiger partial charge in [0.25, 0.3) is 0 Å². The molecule has 0 fully saturated rings. The lowest BCUT2D eigenvalue weighted by molar-refractivity contribution is -0.385. The highest BCUT2D eigenvalue weighted by Crippen LogP contribution is 2.32. The van der Waals surface area contributed by atoms with Crippen LogP contribution in [-0.2, 0) is 11.2 Å². The molecule has 2 aromatic carbocycles. The average molecular weight is 387 g/mol. The minimum atomic E-state index is -0.799. The number of nitro benzene ring substituents is 1. The lowest BCUT2D eigenvalue weighted by Gasteiger charge is -2.02. The first-order valence-corrected chi connectivity index (χ1v) is 8.32. The summed E-state index contributed by atoms with van der Waals surface area (Å²) < 4.78 is 0.864. The zero-order valence-corrected chi connectivity index (χ0v) is 14.4. The Balaban J connectivity index is 1.67. The number of nitrogen functional groups attached to an aromatic ring is 1. The fraction of sp³-hybridized carbons (Fsp3) is 0.0625. The number of phenolic OH excluding ortho intramolecular Hbond substituents is 2. The van der Waals surface area contributed by atoms with Crippen molar-refractivity contribution in [1.29, 1.82) is 0 Å². The monoisotopic (exact) mass is 387 g/mol. The number of fused-ring (bicyclic) bond motifs is 1. The molecule has 0 aliphatic rings. The van der Waals surface area contributed by atoms with Gasteiger partial charge in [-0.3, -0.25) is 14.9 Å². The van der Waals surface area contributed by atoms with Crippen molar-refractivity contribution in [2.75, 3.05) is 5.73 Å². The summed E-state index contributed by atoms with van der Waals surface area (Å²) in [6.07, 6.45) is 1.10. The molecular weight excluding hydrogens is 374 g/mol. The molecule has 0 spiro atoms. The molecule has 0 saturated heterocycles. The minimum absolute atomic E-state index is 0.0265. The summed E-state index contributed by atoms with van der Waals surface area (Å²) in [5, 5.41) is 34.0. The van der Waals surface area contributed by atoms with Gasteiger partial charge in [-0.1, -0.05) is 17.4 Å². The summed E-state index contributed by atoms with van der Waals surface area (Å²) in [5.74, 6) is -1.50. The Morgan fingerprint density at radius 2 is 2.11 bits per heavy atom. The number of aromatic nitrogens is 1. The zero-order chi connectivity index (χ0) is 19.6. The number of anilines is 1. The number of thiazole rings is 1. The Labute approximate surface area is 155 Å². The van der Waals surface area contributed by atoms with Crippen LogP contribution in [0.4, 0.5) is 10.8 Å². The fourth-order valence-corrected chi connectivity index (χ4v) is 3.12. The van der Waals surface area contributed by atoms with E-state index in [-0.39, 0.29) is 12.0 Å². The number of carbonyl (C=O) groups excluding carboxylic acids is 1. The van der Waals surface area contributed by atoms with E-state index < -0.39 is 28.0 Å². The number of hydrogen-bond acceptors (Lipinski definition) is 9. The van der Waals surface area contributed by atoms with Crippen molar-refractivity contribution >= 4 is 44.5 Å². The summed E-state index contributed by atoms with van der Waals surface area (Å²) in [7, 11) is 0. The van der Waals surface area contributed by atoms with E-state index in [0.29, 0.717) is 5.13 Å². The molecule has 0 unspecified atom stereocenters. The molecule has 138 valence electrons. The van der Waals surface area contributed by atoms with Crippen LogP contribution >= 0.6 is 11.3 Å². The van der Waals surface area contributed by atoms with Gasteiger partial charge in [0.2, 0.25) is 5.91 Å². The van der Waals surface area contributed by atoms with Crippen LogP contribution in [0.1, 0.15) is 11.1 Å². The predicted molar refractivity (Wildman–Crippen MR) is 99.9 cm³/mol. The number of nitro groups is 1. The number of aromatic hydroxyl groups is 2. The highest BCUT2D eigenvalue weighted by molar-refractivity contribution is 7.22. The molecule has 0 atom stereocenters. The molecular formula is C16H13N5O5S. The number of nitrogens with one attached hydrogen (secondary N) is 1. The lowest BCUT2D eigenvalue weighted by atomic mass is 10.1. The van der Waals surface area contributed by atoms with Crippen LogP contribution in [-0.4, -0.2) is 32.2 Å². The van der Waals surface area contributed by atoms with Gasteiger partial charge in [-0.05, 0) is 17.7 Å². The van der Waals surface area contributed by atoms with E-state index in [9.17, 15) is 25.1 Å². The smallest absolute Gasteiger partial charge is 0.311 e. The number of carbonyl (C=O) groups is 1. The van der Waals surface area contributed by atoms with Crippen LogP contribution in [0.3, 0.4) is 0 Å². The first kappa shape index (κ1) is 18.1. The van der Waals surface area contributed by atoms with Crippen LogP contribution in [0.25, 0.3) is 10.2 Å². The van der Waals surface area contributed by atoms with Gasteiger partial charge in [0.1, 0.15) is 5.75 Å².